The smallest absolute Gasteiger partial charge is 0.193 e. The minimum absolute atomic E-state index is 0.0503. The summed E-state index contributed by atoms with van der Waals surface area (Å²) in [4.78, 5) is 17.4. The first kappa shape index (κ1) is 7.34. The maximum Gasteiger partial charge on any atom is 0.193 e. The molecule has 10 heavy (non-hydrogen) atoms. The van der Waals surface area contributed by atoms with Crippen LogP contribution in [0.15, 0.2) is 11.4 Å². The standard InChI is InChI=1S/C6H8N2OS/c1-4-3-7-6(8-4)10-5(2)9/h3H,1-2H3,(H,7,8). The number of rotatable bonds is 1. The predicted molar refractivity (Wildman–Crippen MR) is 39.9 cm³/mol. The number of aromatic nitrogens is 2. The van der Waals surface area contributed by atoms with Crippen molar-refractivity contribution in [3.8, 4) is 0 Å². The second-order valence-corrected chi connectivity index (χ2v) is 3.13. The normalized spacial score (nSPS) is 9.80. The van der Waals surface area contributed by atoms with E-state index in [2.05, 4.69) is 9.97 Å². The summed E-state index contributed by atoms with van der Waals surface area (Å²) < 4.78 is 0. The molecule has 0 atom stereocenters. The zero-order valence-electron chi connectivity index (χ0n) is 5.84. The van der Waals surface area contributed by atoms with E-state index in [1.165, 1.54) is 6.92 Å². The van der Waals surface area contributed by atoms with Crippen LogP contribution >= 0.6 is 11.8 Å². The van der Waals surface area contributed by atoms with Gasteiger partial charge in [0.2, 0.25) is 0 Å². The largest absolute Gasteiger partial charge is 0.337 e. The number of H-pyrrole nitrogens is 1. The van der Waals surface area contributed by atoms with Crippen LogP contribution in [-0.2, 0) is 4.79 Å². The average Bonchev–Trinajstić information content (AvgIpc) is 2.13. The predicted octanol–water partition coefficient (Wildman–Crippen LogP) is 1.36. The Morgan fingerprint density at radius 3 is 2.90 bits per heavy atom. The van der Waals surface area contributed by atoms with E-state index >= 15 is 0 Å². The molecule has 0 saturated heterocycles. The summed E-state index contributed by atoms with van der Waals surface area (Å²) in [7, 11) is 0. The van der Waals surface area contributed by atoms with Gasteiger partial charge in [-0.15, -0.1) is 0 Å². The molecular formula is C6H8N2OS. The number of hydrogen-bond donors (Lipinski definition) is 1. The molecule has 0 aliphatic heterocycles. The molecule has 1 aromatic rings. The van der Waals surface area contributed by atoms with Crippen LogP contribution < -0.4 is 0 Å². The number of thioether (sulfide) groups is 1. The first-order valence-electron chi connectivity index (χ1n) is 2.88. The van der Waals surface area contributed by atoms with E-state index in [0.717, 1.165) is 17.5 Å². The van der Waals surface area contributed by atoms with Gasteiger partial charge < -0.3 is 4.98 Å². The van der Waals surface area contributed by atoms with Gasteiger partial charge in [0.05, 0.1) is 0 Å². The first-order chi connectivity index (χ1) is 4.68. The number of carbonyl (C=O) groups excluding carboxylic acids is 1. The summed E-state index contributed by atoms with van der Waals surface area (Å²) in [6.07, 6.45) is 1.70. The Morgan fingerprint density at radius 1 is 1.80 bits per heavy atom. The van der Waals surface area contributed by atoms with Crippen LogP contribution in [0.4, 0.5) is 0 Å². The molecule has 1 heterocycles. The molecule has 54 valence electrons. The fourth-order valence-corrected chi connectivity index (χ4v) is 1.17. The summed E-state index contributed by atoms with van der Waals surface area (Å²) in [6.45, 7) is 3.42. The third-order valence-electron chi connectivity index (χ3n) is 0.920. The van der Waals surface area contributed by atoms with Crippen LogP contribution in [0.2, 0.25) is 0 Å². The Kier molecular flexibility index (Phi) is 2.11. The van der Waals surface area contributed by atoms with Crippen LogP contribution in [0, 0.1) is 6.92 Å². The Morgan fingerprint density at radius 2 is 2.50 bits per heavy atom. The molecule has 0 unspecified atom stereocenters. The molecule has 0 amide bonds. The van der Waals surface area contributed by atoms with Crippen LogP contribution in [0.1, 0.15) is 12.6 Å². The summed E-state index contributed by atoms with van der Waals surface area (Å²) in [5.41, 5.74) is 0.976. The van der Waals surface area contributed by atoms with E-state index in [9.17, 15) is 4.79 Å². The van der Waals surface area contributed by atoms with Gasteiger partial charge in [0, 0.05) is 18.8 Å². The minimum Gasteiger partial charge on any atom is -0.337 e. The van der Waals surface area contributed by atoms with E-state index in [1.807, 2.05) is 6.92 Å². The molecule has 1 aromatic heterocycles. The van der Waals surface area contributed by atoms with Crippen molar-refractivity contribution in [3.05, 3.63) is 11.9 Å². The van der Waals surface area contributed by atoms with Crippen molar-refractivity contribution in [1.82, 2.24) is 9.97 Å². The van der Waals surface area contributed by atoms with Crippen LogP contribution in [-0.4, -0.2) is 15.1 Å². The van der Waals surface area contributed by atoms with Crippen molar-refractivity contribution in [2.24, 2.45) is 0 Å². The number of carbonyl (C=O) groups is 1. The van der Waals surface area contributed by atoms with E-state index in [-0.39, 0.29) is 5.12 Å². The quantitative estimate of drug-likeness (QED) is 0.624. The Balaban J connectivity index is 2.67. The highest BCUT2D eigenvalue weighted by Gasteiger charge is 2.00. The van der Waals surface area contributed by atoms with E-state index in [4.69, 9.17) is 0 Å². The molecule has 0 saturated carbocycles. The van der Waals surface area contributed by atoms with Crippen molar-refractivity contribution < 1.29 is 4.79 Å². The lowest BCUT2D eigenvalue weighted by molar-refractivity contribution is -0.109. The van der Waals surface area contributed by atoms with Crippen LogP contribution in [0.5, 0.6) is 0 Å². The Labute approximate surface area is 63.2 Å². The van der Waals surface area contributed by atoms with Gasteiger partial charge in [-0.2, -0.15) is 0 Å². The second kappa shape index (κ2) is 2.88. The minimum atomic E-state index is 0.0503. The SMILES string of the molecule is CC(=O)Sc1ncc(C)[nH]1. The van der Waals surface area contributed by atoms with Crippen molar-refractivity contribution >= 4 is 16.9 Å². The fraction of sp³-hybridized carbons (Fsp3) is 0.333. The van der Waals surface area contributed by atoms with E-state index < -0.39 is 0 Å². The zero-order valence-corrected chi connectivity index (χ0v) is 6.66. The lowest BCUT2D eigenvalue weighted by Crippen LogP contribution is -1.82. The summed E-state index contributed by atoms with van der Waals surface area (Å²) in [5.74, 6) is 0. The number of aromatic amines is 1. The summed E-state index contributed by atoms with van der Waals surface area (Å²) in [5, 5.41) is 0.722. The van der Waals surface area contributed by atoms with Gasteiger partial charge in [0.1, 0.15) is 0 Å². The van der Waals surface area contributed by atoms with Crippen molar-refractivity contribution in [1.29, 1.82) is 0 Å². The molecule has 0 radical (unpaired) electrons. The third-order valence-corrected chi connectivity index (χ3v) is 1.61. The van der Waals surface area contributed by atoms with Crippen LogP contribution in [0.25, 0.3) is 0 Å². The Hall–Kier alpha value is -0.770. The number of imidazole rings is 1. The van der Waals surface area contributed by atoms with Crippen LogP contribution in [0.3, 0.4) is 0 Å². The highest BCUT2D eigenvalue weighted by molar-refractivity contribution is 8.13. The van der Waals surface area contributed by atoms with Gasteiger partial charge in [-0.3, -0.25) is 4.79 Å². The lowest BCUT2D eigenvalue weighted by Gasteiger charge is -1.86. The van der Waals surface area contributed by atoms with E-state index in [0.29, 0.717) is 5.16 Å². The molecule has 4 heteroatoms. The van der Waals surface area contributed by atoms with Gasteiger partial charge in [0.15, 0.2) is 10.3 Å². The molecule has 1 rings (SSSR count). The molecule has 0 aliphatic rings. The van der Waals surface area contributed by atoms with Gasteiger partial charge in [-0.25, -0.2) is 4.98 Å². The van der Waals surface area contributed by atoms with E-state index in [1.54, 1.807) is 6.20 Å². The molecule has 0 spiro atoms. The topological polar surface area (TPSA) is 45.8 Å². The number of aryl methyl sites for hydroxylation is 1. The number of hydrogen-bond acceptors (Lipinski definition) is 3. The maximum atomic E-state index is 10.5. The average molecular weight is 156 g/mol. The fourth-order valence-electron chi connectivity index (χ4n) is 0.577. The van der Waals surface area contributed by atoms with Crippen molar-refractivity contribution in [2.75, 3.05) is 0 Å². The third kappa shape index (κ3) is 1.88. The van der Waals surface area contributed by atoms with Gasteiger partial charge in [-0.1, -0.05) is 0 Å². The number of nitrogens with zero attached hydrogens (tertiary/aromatic N) is 1. The monoisotopic (exact) mass is 156 g/mol. The van der Waals surface area contributed by atoms with Crippen molar-refractivity contribution in [2.45, 2.75) is 19.0 Å². The molecule has 3 nitrogen and oxygen atoms in total. The summed E-state index contributed by atoms with van der Waals surface area (Å²) >= 11 is 1.11. The van der Waals surface area contributed by atoms with Gasteiger partial charge in [0.25, 0.3) is 0 Å². The second-order valence-electron chi connectivity index (χ2n) is 1.97. The zero-order chi connectivity index (χ0) is 7.56. The first-order valence-corrected chi connectivity index (χ1v) is 3.70. The number of nitrogens with one attached hydrogen (secondary N) is 1. The maximum absolute atomic E-state index is 10.5. The molecular weight excluding hydrogens is 148 g/mol. The molecule has 0 fully saturated rings. The molecule has 0 aromatic carbocycles. The van der Waals surface area contributed by atoms with Gasteiger partial charge in [-0.05, 0) is 18.7 Å². The molecule has 1 N–H and O–H groups in total. The Bertz CT molecular complexity index is 244. The van der Waals surface area contributed by atoms with Crippen molar-refractivity contribution in [3.63, 3.8) is 0 Å². The highest BCUT2D eigenvalue weighted by atomic mass is 32.2. The van der Waals surface area contributed by atoms with Gasteiger partial charge >= 0.3 is 0 Å². The summed E-state index contributed by atoms with van der Waals surface area (Å²) in [6, 6.07) is 0. The lowest BCUT2D eigenvalue weighted by atomic mass is 10.6. The molecule has 0 aliphatic carbocycles. The highest BCUT2D eigenvalue weighted by Crippen LogP contribution is 2.13. The molecule has 0 bridgehead atoms.